The van der Waals surface area contributed by atoms with Crippen molar-refractivity contribution in [3.8, 4) is 11.1 Å². The molecule has 0 saturated heterocycles. The van der Waals surface area contributed by atoms with E-state index in [4.69, 9.17) is 0 Å². The van der Waals surface area contributed by atoms with Gasteiger partial charge in [-0.3, -0.25) is 0 Å². The Bertz CT molecular complexity index is 711. The van der Waals surface area contributed by atoms with Crippen molar-refractivity contribution in [2.75, 3.05) is 6.67 Å². The maximum atomic E-state index is 13.4. The summed E-state index contributed by atoms with van der Waals surface area (Å²) < 4.78 is 38.5. The van der Waals surface area contributed by atoms with Crippen LogP contribution in [-0.4, -0.2) is 6.67 Å². The molecule has 1 saturated carbocycles. The summed E-state index contributed by atoms with van der Waals surface area (Å²) in [7, 11) is 0. The lowest BCUT2D eigenvalue weighted by Gasteiger charge is -2.28. The normalized spacial score (nSPS) is 20.9. The molecule has 0 heterocycles. The molecule has 1 aliphatic carbocycles. The Labute approximate surface area is 147 Å². The molecule has 2 aromatic rings. The minimum absolute atomic E-state index is 0.375. The fourth-order valence-electron chi connectivity index (χ4n) is 3.71. The first-order chi connectivity index (χ1) is 12.2. The Balaban J connectivity index is 1.61. The molecule has 0 spiro atoms. The Morgan fingerprint density at radius 2 is 1.48 bits per heavy atom. The molecule has 1 fully saturated rings. The van der Waals surface area contributed by atoms with Crippen molar-refractivity contribution in [1.29, 1.82) is 0 Å². The predicted molar refractivity (Wildman–Crippen MR) is 96.2 cm³/mol. The summed E-state index contributed by atoms with van der Waals surface area (Å²) in [6.07, 6.45) is 9.19. The Kier molecular flexibility index (Phi) is 5.95. The van der Waals surface area contributed by atoms with E-state index in [1.807, 2.05) is 18.2 Å². The van der Waals surface area contributed by atoms with Gasteiger partial charge in [0.15, 0.2) is 11.6 Å². The van der Waals surface area contributed by atoms with Crippen molar-refractivity contribution >= 4 is 0 Å². The van der Waals surface area contributed by atoms with Crippen LogP contribution in [0.25, 0.3) is 11.1 Å². The van der Waals surface area contributed by atoms with Crippen LogP contribution < -0.4 is 0 Å². The number of hydrogen-bond acceptors (Lipinski definition) is 0. The van der Waals surface area contributed by atoms with Crippen molar-refractivity contribution in [2.45, 2.75) is 38.0 Å². The summed E-state index contributed by atoms with van der Waals surface area (Å²) in [6.45, 7) is -0.375. The SMILES string of the molecule is FC/C=C/CC1CCC(c2ccc(-c3ccc(F)c(F)c3)cc2)CC1. The molecule has 132 valence electrons. The third kappa shape index (κ3) is 4.53. The van der Waals surface area contributed by atoms with E-state index in [2.05, 4.69) is 12.1 Å². The van der Waals surface area contributed by atoms with Crippen molar-refractivity contribution in [1.82, 2.24) is 0 Å². The Morgan fingerprint density at radius 1 is 0.800 bits per heavy atom. The van der Waals surface area contributed by atoms with Crippen LogP contribution >= 0.6 is 0 Å². The minimum atomic E-state index is -0.821. The van der Waals surface area contributed by atoms with E-state index in [0.29, 0.717) is 17.4 Å². The van der Waals surface area contributed by atoms with Crippen molar-refractivity contribution in [3.05, 3.63) is 71.8 Å². The summed E-state index contributed by atoms with van der Waals surface area (Å²) in [6, 6.07) is 12.2. The molecule has 0 N–H and O–H groups in total. The highest BCUT2D eigenvalue weighted by atomic mass is 19.2. The molecule has 0 bridgehead atoms. The van der Waals surface area contributed by atoms with Gasteiger partial charge in [-0.25, -0.2) is 13.2 Å². The molecule has 1 aliphatic rings. The van der Waals surface area contributed by atoms with E-state index in [0.717, 1.165) is 30.9 Å². The van der Waals surface area contributed by atoms with Crippen LogP contribution in [0.15, 0.2) is 54.6 Å². The summed E-state index contributed by atoms with van der Waals surface area (Å²) in [5, 5.41) is 0. The van der Waals surface area contributed by atoms with Crippen molar-refractivity contribution in [2.24, 2.45) is 5.92 Å². The van der Waals surface area contributed by atoms with Gasteiger partial charge in [-0.1, -0.05) is 42.5 Å². The summed E-state index contributed by atoms with van der Waals surface area (Å²) in [5.41, 5.74) is 2.89. The van der Waals surface area contributed by atoms with Crippen LogP contribution in [0.3, 0.4) is 0 Å². The quantitative estimate of drug-likeness (QED) is 0.522. The van der Waals surface area contributed by atoms with E-state index in [1.54, 1.807) is 12.1 Å². The van der Waals surface area contributed by atoms with Crippen LogP contribution in [0.1, 0.15) is 43.6 Å². The first-order valence-electron chi connectivity index (χ1n) is 8.93. The zero-order valence-electron chi connectivity index (χ0n) is 14.2. The second-order valence-electron chi connectivity index (χ2n) is 6.83. The number of allylic oxidation sites excluding steroid dienone is 2. The van der Waals surface area contributed by atoms with E-state index in [9.17, 15) is 13.2 Å². The monoisotopic (exact) mass is 344 g/mol. The van der Waals surface area contributed by atoms with Gasteiger partial charge in [0.05, 0.1) is 0 Å². The molecule has 0 radical (unpaired) electrons. The van der Waals surface area contributed by atoms with E-state index >= 15 is 0 Å². The molecule has 0 aromatic heterocycles. The third-order valence-corrected chi connectivity index (χ3v) is 5.21. The Morgan fingerprint density at radius 3 is 2.12 bits per heavy atom. The maximum Gasteiger partial charge on any atom is 0.159 e. The second kappa shape index (κ2) is 8.37. The van der Waals surface area contributed by atoms with Crippen LogP contribution in [0.4, 0.5) is 13.2 Å². The van der Waals surface area contributed by atoms with Crippen LogP contribution in [0.5, 0.6) is 0 Å². The Hall–Kier alpha value is -2.03. The van der Waals surface area contributed by atoms with Gasteiger partial charge in [0.25, 0.3) is 0 Å². The third-order valence-electron chi connectivity index (χ3n) is 5.21. The van der Waals surface area contributed by atoms with E-state index in [-0.39, 0.29) is 6.67 Å². The zero-order chi connectivity index (χ0) is 17.6. The first kappa shape index (κ1) is 17.8. The lowest BCUT2D eigenvalue weighted by molar-refractivity contribution is 0.328. The molecule has 0 aliphatic heterocycles. The number of halogens is 3. The van der Waals surface area contributed by atoms with Crippen molar-refractivity contribution in [3.63, 3.8) is 0 Å². The average Bonchev–Trinajstić information content (AvgIpc) is 2.65. The number of benzene rings is 2. The lowest BCUT2D eigenvalue weighted by atomic mass is 9.77. The van der Waals surface area contributed by atoms with Gasteiger partial charge < -0.3 is 0 Å². The fourth-order valence-corrected chi connectivity index (χ4v) is 3.71. The van der Waals surface area contributed by atoms with E-state index in [1.165, 1.54) is 24.5 Å². The topological polar surface area (TPSA) is 0 Å². The second-order valence-corrected chi connectivity index (χ2v) is 6.83. The van der Waals surface area contributed by atoms with Crippen LogP contribution in [0.2, 0.25) is 0 Å². The van der Waals surface area contributed by atoms with Gasteiger partial charge in [-0.2, -0.15) is 0 Å². The smallest absolute Gasteiger partial charge is 0.159 e. The summed E-state index contributed by atoms with van der Waals surface area (Å²) in [5.74, 6) is -0.416. The number of alkyl halides is 1. The lowest BCUT2D eigenvalue weighted by Crippen LogP contribution is -2.12. The summed E-state index contributed by atoms with van der Waals surface area (Å²) >= 11 is 0. The van der Waals surface area contributed by atoms with Gasteiger partial charge in [0, 0.05) is 0 Å². The predicted octanol–water partition coefficient (Wildman–Crippen LogP) is 6.82. The number of rotatable bonds is 5. The first-order valence-corrected chi connectivity index (χ1v) is 8.93. The van der Waals surface area contributed by atoms with Gasteiger partial charge in [-0.05, 0) is 72.8 Å². The highest BCUT2D eigenvalue weighted by Crippen LogP contribution is 2.37. The molecular formula is C22H23F3. The fraction of sp³-hybridized carbons (Fsp3) is 0.364. The molecule has 2 aromatic carbocycles. The average molecular weight is 344 g/mol. The van der Waals surface area contributed by atoms with Crippen molar-refractivity contribution < 1.29 is 13.2 Å². The van der Waals surface area contributed by atoms with Gasteiger partial charge in [-0.15, -0.1) is 0 Å². The molecule has 0 unspecified atom stereocenters. The van der Waals surface area contributed by atoms with Gasteiger partial charge in [0.1, 0.15) is 6.67 Å². The highest BCUT2D eigenvalue weighted by molar-refractivity contribution is 5.63. The molecule has 25 heavy (non-hydrogen) atoms. The van der Waals surface area contributed by atoms with E-state index < -0.39 is 11.6 Å². The highest BCUT2D eigenvalue weighted by Gasteiger charge is 2.21. The molecule has 0 amide bonds. The van der Waals surface area contributed by atoms with Gasteiger partial charge in [0.2, 0.25) is 0 Å². The standard InChI is InChI=1S/C22H23F3/c23-14-2-1-3-16-4-6-17(7-5-16)18-8-10-19(11-9-18)20-12-13-21(24)22(25)15-20/h1-2,8-13,15-17H,3-7,14H2/b2-1+. The number of hydrogen-bond donors (Lipinski definition) is 0. The molecule has 3 rings (SSSR count). The van der Waals surface area contributed by atoms with Gasteiger partial charge >= 0.3 is 0 Å². The zero-order valence-corrected chi connectivity index (χ0v) is 14.2. The largest absolute Gasteiger partial charge is 0.247 e. The molecule has 3 heteroatoms. The minimum Gasteiger partial charge on any atom is -0.247 e. The molecule has 0 nitrogen and oxygen atoms in total. The van der Waals surface area contributed by atoms with Crippen LogP contribution in [-0.2, 0) is 0 Å². The molecule has 0 atom stereocenters. The van der Waals surface area contributed by atoms with Crippen LogP contribution in [0, 0.1) is 17.6 Å². The summed E-state index contributed by atoms with van der Waals surface area (Å²) in [4.78, 5) is 0. The maximum absolute atomic E-state index is 13.4. The molecular weight excluding hydrogens is 321 g/mol.